The van der Waals surface area contributed by atoms with Crippen LogP contribution < -0.4 is 16.0 Å². The zero-order chi connectivity index (χ0) is 26.6. The van der Waals surface area contributed by atoms with Crippen molar-refractivity contribution in [3.05, 3.63) is 41.6 Å². The lowest BCUT2D eigenvalue weighted by atomic mass is 10.0. The van der Waals surface area contributed by atoms with Gasteiger partial charge in [-0.25, -0.2) is 4.98 Å². The molecule has 9 heteroatoms. The molecule has 1 amide bonds. The van der Waals surface area contributed by atoms with Crippen molar-refractivity contribution in [2.45, 2.75) is 58.5 Å². The molecule has 3 aromatic rings. The van der Waals surface area contributed by atoms with Crippen LogP contribution in [0.5, 0.6) is 0 Å². The van der Waals surface area contributed by atoms with E-state index in [0.29, 0.717) is 30.0 Å². The molecular weight excluding hydrogens is 480 g/mol. The molecule has 2 aromatic heterocycles. The molecule has 1 saturated heterocycles. The highest BCUT2D eigenvalue weighted by Gasteiger charge is 2.25. The number of rotatable bonds is 11. The molecule has 2 fully saturated rings. The van der Waals surface area contributed by atoms with Crippen LogP contribution in [0.3, 0.4) is 0 Å². The Hall–Kier alpha value is -3.17. The third-order valence-electron chi connectivity index (χ3n) is 7.56. The van der Waals surface area contributed by atoms with Gasteiger partial charge in [0.25, 0.3) is 5.91 Å². The number of hydrogen-bond acceptors (Lipinski definition) is 7. The summed E-state index contributed by atoms with van der Waals surface area (Å²) in [7, 11) is 1.72. The first kappa shape index (κ1) is 26.4. The smallest absolute Gasteiger partial charge is 0.251 e. The molecular formula is C29H40N6O3. The summed E-state index contributed by atoms with van der Waals surface area (Å²) in [6.45, 7) is 9.41. The molecule has 2 aliphatic rings. The highest BCUT2D eigenvalue weighted by molar-refractivity contribution is 5.97. The van der Waals surface area contributed by atoms with Crippen molar-refractivity contribution in [2.24, 2.45) is 11.8 Å². The van der Waals surface area contributed by atoms with Crippen LogP contribution in [0, 0.1) is 18.8 Å². The number of nitrogens with zero attached hydrogens (tertiary/aromatic N) is 3. The zero-order valence-corrected chi connectivity index (χ0v) is 22.9. The van der Waals surface area contributed by atoms with Gasteiger partial charge in [0.15, 0.2) is 5.65 Å². The molecule has 1 aromatic carbocycles. The molecule has 5 rings (SSSR count). The van der Waals surface area contributed by atoms with Gasteiger partial charge in [-0.3, -0.25) is 4.79 Å². The lowest BCUT2D eigenvalue weighted by Gasteiger charge is -2.24. The van der Waals surface area contributed by atoms with Crippen molar-refractivity contribution in [3.63, 3.8) is 0 Å². The van der Waals surface area contributed by atoms with E-state index in [0.717, 1.165) is 79.4 Å². The number of amides is 1. The maximum absolute atomic E-state index is 12.7. The summed E-state index contributed by atoms with van der Waals surface area (Å²) in [6, 6.07) is 8.44. The highest BCUT2D eigenvalue weighted by atomic mass is 16.5. The number of ether oxygens (including phenoxy) is 2. The van der Waals surface area contributed by atoms with Crippen LogP contribution in [0.15, 0.2) is 30.5 Å². The molecule has 3 heterocycles. The van der Waals surface area contributed by atoms with Gasteiger partial charge in [-0.2, -0.15) is 9.61 Å². The number of fused-ring (bicyclic) bond motifs is 1. The molecule has 1 atom stereocenters. The molecule has 1 aliphatic carbocycles. The number of carbonyl (C=O) groups excluding carboxylic acids is 1. The van der Waals surface area contributed by atoms with Crippen molar-refractivity contribution in [1.29, 1.82) is 0 Å². The highest BCUT2D eigenvalue weighted by Crippen LogP contribution is 2.30. The summed E-state index contributed by atoms with van der Waals surface area (Å²) in [5.41, 5.74) is 4.32. The maximum atomic E-state index is 12.7. The summed E-state index contributed by atoms with van der Waals surface area (Å²) in [5, 5.41) is 15.0. The Bertz CT molecular complexity index is 1260. The largest absolute Gasteiger partial charge is 0.383 e. The lowest BCUT2D eigenvalue weighted by molar-refractivity contribution is 0.0699. The van der Waals surface area contributed by atoms with Gasteiger partial charge in [0.1, 0.15) is 11.6 Å². The Labute approximate surface area is 224 Å². The molecule has 204 valence electrons. The first-order chi connectivity index (χ1) is 18.4. The Morgan fingerprint density at radius 1 is 1.18 bits per heavy atom. The van der Waals surface area contributed by atoms with Crippen molar-refractivity contribution >= 4 is 23.2 Å². The molecule has 0 bridgehead atoms. The zero-order valence-electron chi connectivity index (χ0n) is 22.9. The number of hydrogen-bond donors (Lipinski definition) is 3. The SMILES string of the molecule is COCC(Nc1cc(NCC2CCOCC2)n2ncc(-c3ccc(C(=O)NC4CC4)c(C)c3)c2n1)C(C)C. The Kier molecular flexibility index (Phi) is 8.14. The summed E-state index contributed by atoms with van der Waals surface area (Å²) < 4.78 is 12.9. The predicted molar refractivity (Wildman–Crippen MR) is 150 cm³/mol. The lowest BCUT2D eigenvalue weighted by Crippen LogP contribution is -2.31. The van der Waals surface area contributed by atoms with E-state index in [9.17, 15) is 4.79 Å². The normalized spacial score (nSPS) is 17.1. The standard InChI is InChI=1S/C29H40N6O3/c1-18(2)25(17-37-4)33-26-14-27(30-15-20-9-11-38-12-10-20)35-28(34-26)24(16-31-35)21-5-8-23(19(3)13-21)29(36)32-22-6-7-22/h5,8,13-14,16,18,20,22,25,30H,6-7,9-12,15,17H2,1-4H3,(H,32,36)(H,33,34). The van der Waals surface area contributed by atoms with Gasteiger partial charge in [0.05, 0.1) is 18.8 Å². The Morgan fingerprint density at radius 2 is 1.97 bits per heavy atom. The topological polar surface area (TPSA) is 102 Å². The molecule has 0 radical (unpaired) electrons. The monoisotopic (exact) mass is 520 g/mol. The summed E-state index contributed by atoms with van der Waals surface area (Å²) >= 11 is 0. The molecule has 38 heavy (non-hydrogen) atoms. The van der Waals surface area contributed by atoms with Crippen molar-refractivity contribution in [3.8, 4) is 11.1 Å². The number of methoxy groups -OCH3 is 1. The predicted octanol–water partition coefficient (Wildman–Crippen LogP) is 4.52. The minimum Gasteiger partial charge on any atom is -0.383 e. The maximum Gasteiger partial charge on any atom is 0.251 e. The third-order valence-corrected chi connectivity index (χ3v) is 7.56. The van der Waals surface area contributed by atoms with E-state index < -0.39 is 0 Å². The summed E-state index contributed by atoms with van der Waals surface area (Å²) in [4.78, 5) is 17.7. The number of carbonyl (C=O) groups is 1. The second-order valence-electron chi connectivity index (χ2n) is 11.0. The van der Waals surface area contributed by atoms with Gasteiger partial charge in [0, 0.05) is 50.1 Å². The molecule has 1 unspecified atom stereocenters. The fourth-order valence-corrected chi connectivity index (χ4v) is 4.91. The molecule has 1 saturated carbocycles. The molecule has 9 nitrogen and oxygen atoms in total. The van der Waals surface area contributed by atoms with E-state index in [1.54, 1.807) is 7.11 Å². The van der Waals surface area contributed by atoms with E-state index in [-0.39, 0.29) is 11.9 Å². The van der Waals surface area contributed by atoms with Crippen LogP contribution in [0.4, 0.5) is 11.6 Å². The number of anilines is 2. The second kappa shape index (κ2) is 11.7. The van der Waals surface area contributed by atoms with Gasteiger partial charge >= 0.3 is 0 Å². The third kappa shape index (κ3) is 6.10. The summed E-state index contributed by atoms with van der Waals surface area (Å²) in [5.74, 6) is 2.60. The van der Waals surface area contributed by atoms with E-state index in [1.165, 1.54) is 0 Å². The molecule has 3 N–H and O–H groups in total. The van der Waals surface area contributed by atoms with Gasteiger partial charge in [0.2, 0.25) is 0 Å². The van der Waals surface area contributed by atoms with Crippen molar-refractivity contribution in [1.82, 2.24) is 19.9 Å². The average Bonchev–Trinajstić information content (AvgIpc) is 3.62. The quantitative estimate of drug-likeness (QED) is 0.342. The Balaban J connectivity index is 1.48. The van der Waals surface area contributed by atoms with Crippen molar-refractivity contribution < 1.29 is 14.3 Å². The minimum absolute atomic E-state index is 0.00139. The van der Waals surface area contributed by atoms with Crippen LogP contribution in [0.2, 0.25) is 0 Å². The van der Waals surface area contributed by atoms with E-state index in [4.69, 9.17) is 19.6 Å². The second-order valence-corrected chi connectivity index (χ2v) is 11.0. The number of aromatic nitrogens is 3. The van der Waals surface area contributed by atoms with Crippen LogP contribution >= 0.6 is 0 Å². The molecule has 1 aliphatic heterocycles. The minimum atomic E-state index is -0.00139. The number of aryl methyl sites for hydroxylation is 1. The summed E-state index contributed by atoms with van der Waals surface area (Å²) in [6.07, 6.45) is 6.11. The van der Waals surface area contributed by atoms with Gasteiger partial charge in [-0.1, -0.05) is 26.0 Å². The van der Waals surface area contributed by atoms with E-state index >= 15 is 0 Å². The van der Waals surface area contributed by atoms with E-state index in [1.807, 2.05) is 35.8 Å². The first-order valence-corrected chi connectivity index (χ1v) is 13.8. The van der Waals surface area contributed by atoms with Gasteiger partial charge in [-0.15, -0.1) is 0 Å². The Morgan fingerprint density at radius 3 is 2.66 bits per heavy atom. The van der Waals surface area contributed by atoms with Crippen molar-refractivity contribution in [2.75, 3.05) is 44.1 Å². The van der Waals surface area contributed by atoms with Crippen LogP contribution in [0.1, 0.15) is 55.5 Å². The fraction of sp³-hybridized carbons (Fsp3) is 0.552. The van der Waals surface area contributed by atoms with Crippen LogP contribution in [0.25, 0.3) is 16.8 Å². The fourth-order valence-electron chi connectivity index (χ4n) is 4.91. The van der Waals surface area contributed by atoms with Gasteiger partial charge < -0.3 is 25.4 Å². The van der Waals surface area contributed by atoms with E-state index in [2.05, 4.69) is 35.9 Å². The van der Waals surface area contributed by atoms with Crippen LogP contribution in [-0.2, 0) is 9.47 Å². The number of nitrogens with one attached hydrogen (secondary N) is 3. The van der Waals surface area contributed by atoms with Crippen LogP contribution in [-0.4, -0.2) is 66.1 Å². The number of benzene rings is 1. The molecule has 0 spiro atoms. The first-order valence-electron chi connectivity index (χ1n) is 13.8. The van der Waals surface area contributed by atoms with Gasteiger partial charge in [-0.05, 0) is 61.6 Å². The average molecular weight is 521 g/mol.